The summed E-state index contributed by atoms with van der Waals surface area (Å²) in [4.78, 5) is 15.8. The van der Waals surface area contributed by atoms with Crippen LogP contribution in [0.1, 0.15) is 30.8 Å². The second-order valence-electron chi connectivity index (χ2n) is 3.66. The zero-order chi connectivity index (χ0) is 10.8. The highest BCUT2D eigenvalue weighted by Crippen LogP contribution is 2.18. The van der Waals surface area contributed by atoms with Gasteiger partial charge in [0.15, 0.2) is 0 Å². The number of hydrogen-bond acceptors (Lipinski definition) is 2. The predicted octanol–water partition coefficient (Wildman–Crippen LogP) is 2.65. The second kappa shape index (κ2) is 3.85. The summed E-state index contributed by atoms with van der Waals surface area (Å²) in [6.45, 7) is 3.68. The Morgan fingerprint density at radius 1 is 1.53 bits per heavy atom. The molecule has 0 aliphatic carbocycles. The molecule has 0 saturated carbocycles. The van der Waals surface area contributed by atoms with Crippen LogP contribution in [0, 0.1) is 0 Å². The van der Waals surface area contributed by atoms with Crippen molar-refractivity contribution in [2.45, 2.75) is 26.7 Å². The molecule has 0 spiro atoms. The Balaban J connectivity index is 2.69. The number of carbonyl (C=O) groups excluding carboxylic acids is 1. The average molecular weight is 202 g/mol. The lowest BCUT2D eigenvalue weighted by atomic mass is 10.2. The smallest absolute Gasteiger partial charge is 0.229 e. The fourth-order valence-electron chi connectivity index (χ4n) is 1.88. The van der Waals surface area contributed by atoms with Gasteiger partial charge in [-0.1, -0.05) is 13.3 Å². The van der Waals surface area contributed by atoms with E-state index in [1.54, 1.807) is 17.7 Å². The van der Waals surface area contributed by atoms with E-state index in [1.165, 1.54) is 0 Å². The van der Waals surface area contributed by atoms with Gasteiger partial charge in [0, 0.05) is 24.2 Å². The Labute approximate surface area is 88.7 Å². The number of fused-ring (bicyclic) bond motifs is 1. The van der Waals surface area contributed by atoms with Gasteiger partial charge < -0.3 is 0 Å². The number of rotatable bonds is 2. The minimum Gasteiger partial charge on any atom is -0.274 e. The lowest BCUT2D eigenvalue weighted by Gasteiger charge is -2.03. The topological polar surface area (TPSA) is 34.9 Å². The number of nitrogens with zero attached hydrogens (tertiary/aromatic N) is 2. The van der Waals surface area contributed by atoms with Gasteiger partial charge >= 0.3 is 0 Å². The van der Waals surface area contributed by atoms with Crippen molar-refractivity contribution in [1.29, 1.82) is 0 Å². The van der Waals surface area contributed by atoms with Crippen LogP contribution in [-0.2, 0) is 6.42 Å². The largest absolute Gasteiger partial charge is 0.274 e. The maximum atomic E-state index is 11.5. The molecule has 0 amide bonds. The summed E-state index contributed by atoms with van der Waals surface area (Å²) in [7, 11) is 0. The minimum atomic E-state index is 0.0344. The number of carbonyl (C=O) groups is 1. The van der Waals surface area contributed by atoms with Gasteiger partial charge in [-0.05, 0) is 24.6 Å². The van der Waals surface area contributed by atoms with Gasteiger partial charge in [-0.15, -0.1) is 0 Å². The van der Waals surface area contributed by atoms with Crippen LogP contribution in [0.3, 0.4) is 0 Å². The first-order valence-corrected chi connectivity index (χ1v) is 5.20. The standard InChI is InChI=1S/C12H14N2O/c1-3-5-11-8-10-6-4-7-13-12(10)14(11)9(2)15/h4,6-8H,3,5H2,1-2H3. The first kappa shape index (κ1) is 9.90. The van der Waals surface area contributed by atoms with Crippen LogP contribution in [0.15, 0.2) is 24.4 Å². The van der Waals surface area contributed by atoms with Crippen molar-refractivity contribution in [2.24, 2.45) is 0 Å². The van der Waals surface area contributed by atoms with Gasteiger partial charge in [0.25, 0.3) is 0 Å². The summed E-state index contributed by atoms with van der Waals surface area (Å²) < 4.78 is 1.71. The van der Waals surface area contributed by atoms with E-state index >= 15 is 0 Å². The summed E-state index contributed by atoms with van der Waals surface area (Å²) >= 11 is 0. The molecule has 0 bridgehead atoms. The zero-order valence-corrected chi connectivity index (χ0v) is 9.03. The third-order valence-electron chi connectivity index (χ3n) is 2.46. The van der Waals surface area contributed by atoms with E-state index in [4.69, 9.17) is 0 Å². The van der Waals surface area contributed by atoms with E-state index in [9.17, 15) is 4.79 Å². The maximum absolute atomic E-state index is 11.5. The van der Waals surface area contributed by atoms with Crippen LogP contribution in [0.5, 0.6) is 0 Å². The molecule has 2 heterocycles. The van der Waals surface area contributed by atoms with Crippen molar-refractivity contribution in [1.82, 2.24) is 9.55 Å². The minimum absolute atomic E-state index is 0.0344. The highest BCUT2D eigenvalue weighted by molar-refractivity contribution is 5.90. The molecule has 15 heavy (non-hydrogen) atoms. The fourth-order valence-corrected chi connectivity index (χ4v) is 1.88. The van der Waals surface area contributed by atoms with Crippen LogP contribution < -0.4 is 0 Å². The van der Waals surface area contributed by atoms with Crippen molar-refractivity contribution >= 4 is 16.9 Å². The highest BCUT2D eigenvalue weighted by atomic mass is 16.1. The van der Waals surface area contributed by atoms with Crippen LogP contribution in [0.25, 0.3) is 11.0 Å². The average Bonchev–Trinajstić information content (AvgIpc) is 2.56. The third kappa shape index (κ3) is 1.65. The Morgan fingerprint density at radius 3 is 3.00 bits per heavy atom. The lowest BCUT2D eigenvalue weighted by molar-refractivity contribution is 0.0938. The molecule has 3 heteroatoms. The summed E-state index contributed by atoms with van der Waals surface area (Å²) in [5, 5.41) is 1.04. The van der Waals surface area contributed by atoms with E-state index in [1.807, 2.05) is 18.2 Å². The van der Waals surface area contributed by atoms with Crippen LogP contribution >= 0.6 is 0 Å². The molecule has 3 nitrogen and oxygen atoms in total. The Bertz CT molecular complexity index is 499. The molecule has 0 unspecified atom stereocenters. The van der Waals surface area contributed by atoms with Gasteiger partial charge in [0.05, 0.1) is 0 Å². The molecule has 0 aliphatic heterocycles. The van der Waals surface area contributed by atoms with E-state index in [0.717, 1.165) is 29.6 Å². The SMILES string of the molecule is CCCc1cc2cccnc2n1C(C)=O. The van der Waals surface area contributed by atoms with Crippen LogP contribution in [0.4, 0.5) is 0 Å². The Morgan fingerprint density at radius 2 is 2.33 bits per heavy atom. The molecule has 78 valence electrons. The molecule has 0 radical (unpaired) electrons. The summed E-state index contributed by atoms with van der Waals surface area (Å²) in [6, 6.07) is 5.93. The van der Waals surface area contributed by atoms with Crippen molar-refractivity contribution in [3.63, 3.8) is 0 Å². The fraction of sp³-hybridized carbons (Fsp3) is 0.333. The number of aromatic nitrogens is 2. The molecular weight excluding hydrogens is 188 g/mol. The molecule has 2 rings (SSSR count). The third-order valence-corrected chi connectivity index (χ3v) is 2.46. The lowest BCUT2D eigenvalue weighted by Crippen LogP contribution is -2.09. The molecule has 0 saturated heterocycles. The molecule has 2 aromatic heterocycles. The number of aryl methyl sites for hydroxylation is 1. The highest BCUT2D eigenvalue weighted by Gasteiger charge is 2.11. The molecular formula is C12H14N2O. The number of hydrogen-bond donors (Lipinski definition) is 0. The molecule has 2 aromatic rings. The first-order valence-electron chi connectivity index (χ1n) is 5.20. The van der Waals surface area contributed by atoms with Crippen molar-refractivity contribution in [2.75, 3.05) is 0 Å². The van der Waals surface area contributed by atoms with Crippen LogP contribution in [0.2, 0.25) is 0 Å². The zero-order valence-electron chi connectivity index (χ0n) is 9.03. The van der Waals surface area contributed by atoms with E-state index in [0.29, 0.717) is 0 Å². The van der Waals surface area contributed by atoms with Gasteiger partial charge in [0.1, 0.15) is 5.65 Å². The Hall–Kier alpha value is -1.64. The van der Waals surface area contributed by atoms with E-state index in [-0.39, 0.29) is 5.91 Å². The second-order valence-corrected chi connectivity index (χ2v) is 3.66. The van der Waals surface area contributed by atoms with E-state index in [2.05, 4.69) is 11.9 Å². The molecule has 0 N–H and O–H groups in total. The maximum Gasteiger partial charge on any atom is 0.229 e. The van der Waals surface area contributed by atoms with Gasteiger partial charge in [-0.2, -0.15) is 0 Å². The van der Waals surface area contributed by atoms with Gasteiger partial charge in [0.2, 0.25) is 5.91 Å². The van der Waals surface area contributed by atoms with E-state index < -0.39 is 0 Å². The predicted molar refractivity (Wildman–Crippen MR) is 60.0 cm³/mol. The van der Waals surface area contributed by atoms with Crippen molar-refractivity contribution < 1.29 is 4.79 Å². The molecule has 0 fully saturated rings. The summed E-state index contributed by atoms with van der Waals surface area (Å²) in [5.41, 5.74) is 1.83. The Kier molecular flexibility index (Phi) is 2.54. The molecule has 0 aromatic carbocycles. The first-order chi connectivity index (χ1) is 7.24. The summed E-state index contributed by atoms with van der Waals surface area (Å²) in [5.74, 6) is 0.0344. The van der Waals surface area contributed by atoms with Crippen molar-refractivity contribution in [3.05, 3.63) is 30.1 Å². The van der Waals surface area contributed by atoms with Gasteiger partial charge in [-0.25, -0.2) is 4.98 Å². The quantitative estimate of drug-likeness (QED) is 0.750. The van der Waals surface area contributed by atoms with Gasteiger partial charge in [-0.3, -0.25) is 9.36 Å². The number of pyridine rings is 1. The monoisotopic (exact) mass is 202 g/mol. The van der Waals surface area contributed by atoms with Crippen molar-refractivity contribution in [3.8, 4) is 0 Å². The van der Waals surface area contributed by atoms with Crippen LogP contribution in [-0.4, -0.2) is 15.5 Å². The molecule has 0 atom stereocenters. The summed E-state index contributed by atoms with van der Waals surface area (Å²) in [6.07, 6.45) is 3.66. The molecule has 0 aliphatic rings. The normalized spacial score (nSPS) is 10.8.